The zero-order chi connectivity index (χ0) is 14.2. The Morgan fingerprint density at radius 1 is 1.26 bits per heavy atom. The van der Waals surface area contributed by atoms with Crippen molar-refractivity contribution < 1.29 is 4.79 Å². The molecule has 4 N–H and O–H groups in total. The molecule has 0 bridgehead atoms. The summed E-state index contributed by atoms with van der Waals surface area (Å²) in [5, 5.41) is 0. The highest BCUT2D eigenvalue weighted by molar-refractivity contribution is 6.01. The summed E-state index contributed by atoms with van der Waals surface area (Å²) in [4.78, 5) is 16.1. The molecule has 1 aromatic carbocycles. The van der Waals surface area contributed by atoms with E-state index >= 15 is 0 Å². The third-order valence-corrected chi connectivity index (χ3v) is 4.01. The van der Waals surface area contributed by atoms with Crippen LogP contribution in [0.25, 0.3) is 0 Å². The number of carbonyl (C=O) groups excluding carboxylic acids is 1. The van der Waals surface area contributed by atoms with Crippen molar-refractivity contribution in [3.05, 3.63) is 23.8 Å². The number of amides is 1. The number of primary amides is 1. The van der Waals surface area contributed by atoms with E-state index in [1.165, 1.54) is 0 Å². The van der Waals surface area contributed by atoms with E-state index in [-0.39, 0.29) is 0 Å². The number of likely N-dealkylation sites (N-methyl/N-ethyl adjacent to an activating group) is 1. The van der Waals surface area contributed by atoms with Gasteiger partial charge >= 0.3 is 0 Å². The lowest BCUT2D eigenvalue weighted by Crippen LogP contribution is -2.55. The van der Waals surface area contributed by atoms with Gasteiger partial charge in [0.05, 0.1) is 16.9 Å². The fraction of sp³-hybridized carbons (Fsp3) is 0.500. The smallest absolute Gasteiger partial charge is 0.250 e. The van der Waals surface area contributed by atoms with E-state index in [1.54, 1.807) is 12.1 Å². The predicted octanol–water partition coefficient (Wildman–Crippen LogP) is 0.897. The molecule has 0 aliphatic carbocycles. The summed E-state index contributed by atoms with van der Waals surface area (Å²) >= 11 is 0. The molecule has 2 unspecified atom stereocenters. The number of para-hydroxylation sites is 1. The highest BCUT2D eigenvalue weighted by Gasteiger charge is 2.29. The molecular weight excluding hydrogens is 240 g/mol. The second-order valence-corrected chi connectivity index (χ2v) is 5.38. The molecule has 1 aromatic rings. The first-order valence-corrected chi connectivity index (χ1v) is 6.57. The van der Waals surface area contributed by atoms with E-state index < -0.39 is 5.91 Å². The van der Waals surface area contributed by atoms with Gasteiger partial charge in [0, 0.05) is 25.2 Å². The minimum absolute atomic E-state index is 0.407. The van der Waals surface area contributed by atoms with Crippen molar-refractivity contribution in [2.45, 2.75) is 25.9 Å². The molecular formula is C14H22N4O. The highest BCUT2D eigenvalue weighted by atomic mass is 16.1. The molecule has 0 saturated carbocycles. The fourth-order valence-corrected chi connectivity index (χ4v) is 2.70. The van der Waals surface area contributed by atoms with Gasteiger partial charge in [0.2, 0.25) is 0 Å². The number of hydrogen-bond acceptors (Lipinski definition) is 4. The molecule has 1 heterocycles. The molecule has 5 nitrogen and oxygen atoms in total. The van der Waals surface area contributed by atoms with Crippen LogP contribution in [0.1, 0.15) is 24.2 Å². The average molecular weight is 262 g/mol. The number of piperazine rings is 1. The van der Waals surface area contributed by atoms with Gasteiger partial charge in [-0.15, -0.1) is 0 Å². The number of carbonyl (C=O) groups is 1. The van der Waals surface area contributed by atoms with Gasteiger partial charge in [-0.25, -0.2) is 0 Å². The van der Waals surface area contributed by atoms with E-state index in [0.29, 0.717) is 23.3 Å². The third kappa shape index (κ3) is 2.51. The fourth-order valence-electron chi connectivity index (χ4n) is 2.70. The quantitative estimate of drug-likeness (QED) is 0.776. The van der Waals surface area contributed by atoms with Crippen molar-refractivity contribution in [3.8, 4) is 0 Å². The van der Waals surface area contributed by atoms with Gasteiger partial charge in [-0.1, -0.05) is 6.07 Å². The minimum Gasteiger partial charge on any atom is -0.397 e. The van der Waals surface area contributed by atoms with Crippen molar-refractivity contribution in [2.24, 2.45) is 5.73 Å². The Morgan fingerprint density at radius 3 is 2.37 bits per heavy atom. The molecule has 2 rings (SSSR count). The summed E-state index contributed by atoms with van der Waals surface area (Å²) in [5.74, 6) is -0.429. The monoisotopic (exact) mass is 262 g/mol. The number of rotatable bonds is 2. The van der Waals surface area contributed by atoms with Crippen LogP contribution in [0.2, 0.25) is 0 Å². The second-order valence-electron chi connectivity index (χ2n) is 5.38. The Hall–Kier alpha value is -1.75. The van der Waals surface area contributed by atoms with E-state index in [1.807, 2.05) is 6.07 Å². The molecule has 1 amide bonds. The number of nitrogens with two attached hydrogens (primary N) is 2. The van der Waals surface area contributed by atoms with Crippen molar-refractivity contribution in [1.29, 1.82) is 0 Å². The number of hydrogen-bond donors (Lipinski definition) is 2. The minimum atomic E-state index is -0.429. The zero-order valence-electron chi connectivity index (χ0n) is 11.8. The van der Waals surface area contributed by atoms with Crippen LogP contribution in [0.4, 0.5) is 11.4 Å². The summed E-state index contributed by atoms with van der Waals surface area (Å²) in [6.07, 6.45) is 0. The van der Waals surface area contributed by atoms with Gasteiger partial charge in [0.15, 0.2) is 0 Å². The van der Waals surface area contributed by atoms with E-state index in [9.17, 15) is 4.79 Å². The largest absolute Gasteiger partial charge is 0.397 e. The van der Waals surface area contributed by atoms with E-state index in [2.05, 4.69) is 30.7 Å². The van der Waals surface area contributed by atoms with E-state index in [4.69, 9.17) is 11.5 Å². The number of benzene rings is 1. The molecule has 5 heteroatoms. The van der Waals surface area contributed by atoms with Crippen LogP contribution in [0.5, 0.6) is 0 Å². The maximum absolute atomic E-state index is 11.6. The summed E-state index contributed by atoms with van der Waals surface area (Å²) in [6.45, 7) is 6.03. The standard InChI is InChI=1S/C14H22N4O/c1-9-7-18(8-10(2)17(9)3)13-11(14(16)19)5-4-6-12(13)15/h4-6,9-10H,7-8,15H2,1-3H3,(H2,16,19). The Balaban J connectivity index is 2.39. The van der Waals surface area contributed by atoms with Crippen LogP contribution < -0.4 is 16.4 Å². The van der Waals surface area contributed by atoms with Crippen molar-refractivity contribution in [2.75, 3.05) is 30.8 Å². The molecule has 0 aromatic heterocycles. The SMILES string of the molecule is CC1CN(c2c(N)cccc2C(N)=O)CC(C)N1C. The lowest BCUT2D eigenvalue weighted by Gasteiger charge is -2.44. The van der Waals surface area contributed by atoms with Crippen LogP contribution in [0, 0.1) is 0 Å². The maximum atomic E-state index is 11.6. The Labute approximate surface area is 114 Å². The van der Waals surface area contributed by atoms with Gasteiger partial charge in [-0.3, -0.25) is 9.69 Å². The highest BCUT2D eigenvalue weighted by Crippen LogP contribution is 2.30. The molecule has 19 heavy (non-hydrogen) atoms. The topological polar surface area (TPSA) is 75.6 Å². The number of nitrogen functional groups attached to an aromatic ring is 1. The summed E-state index contributed by atoms with van der Waals surface area (Å²) in [6, 6.07) is 6.13. The molecule has 1 aliphatic heterocycles. The Morgan fingerprint density at radius 2 is 1.84 bits per heavy atom. The van der Waals surface area contributed by atoms with Gasteiger partial charge in [-0.05, 0) is 33.0 Å². The normalized spacial score (nSPS) is 24.5. The summed E-state index contributed by atoms with van der Waals surface area (Å²) in [5.41, 5.74) is 13.4. The molecule has 104 valence electrons. The lowest BCUT2D eigenvalue weighted by atomic mass is 10.0. The van der Waals surface area contributed by atoms with Gasteiger partial charge in [0.25, 0.3) is 5.91 Å². The summed E-state index contributed by atoms with van der Waals surface area (Å²) in [7, 11) is 2.12. The van der Waals surface area contributed by atoms with Gasteiger partial charge < -0.3 is 16.4 Å². The predicted molar refractivity (Wildman–Crippen MR) is 78.3 cm³/mol. The lowest BCUT2D eigenvalue weighted by molar-refractivity contribution is 0.1000. The molecule has 0 radical (unpaired) electrons. The van der Waals surface area contributed by atoms with Crippen molar-refractivity contribution >= 4 is 17.3 Å². The van der Waals surface area contributed by atoms with Crippen molar-refractivity contribution in [1.82, 2.24) is 4.90 Å². The first-order chi connectivity index (χ1) is 8.91. The zero-order valence-corrected chi connectivity index (χ0v) is 11.8. The van der Waals surface area contributed by atoms with E-state index in [0.717, 1.165) is 18.8 Å². The summed E-state index contributed by atoms with van der Waals surface area (Å²) < 4.78 is 0. The van der Waals surface area contributed by atoms with Crippen LogP contribution in [-0.2, 0) is 0 Å². The van der Waals surface area contributed by atoms with Gasteiger partial charge in [-0.2, -0.15) is 0 Å². The maximum Gasteiger partial charge on any atom is 0.250 e. The van der Waals surface area contributed by atoms with Crippen LogP contribution in [0.3, 0.4) is 0 Å². The van der Waals surface area contributed by atoms with Gasteiger partial charge in [0.1, 0.15) is 0 Å². The Bertz CT molecular complexity index is 476. The number of anilines is 2. The van der Waals surface area contributed by atoms with Crippen molar-refractivity contribution in [3.63, 3.8) is 0 Å². The second kappa shape index (κ2) is 5.09. The van der Waals surface area contributed by atoms with Crippen LogP contribution in [-0.4, -0.2) is 43.0 Å². The average Bonchev–Trinajstić information content (AvgIpc) is 2.35. The molecule has 1 fully saturated rings. The van der Waals surface area contributed by atoms with Crippen LogP contribution in [0.15, 0.2) is 18.2 Å². The molecule has 1 saturated heterocycles. The molecule has 1 aliphatic rings. The van der Waals surface area contributed by atoms with Crippen LogP contribution >= 0.6 is 0 Å². The Kier molecular flexibility index (Phi) is 3.66. The third-order valence-electron chi connectivity index (χ3n) is 4.01. The first kappa shape index (κ1) is 13.7. The molecule has 0 spiro atoms. The first-order valence-electron chi connectivity index (χ1n) is 6.57. The molecule has 2 atom stereocenters. The number of nitrogens with zero attached hydrogens (tertiary/aromatic N) is 2.